The Morgan fingerprint density at radius 3 is 2.36 bits per heavy atom. The number of carboxylic acids is 1. The molecular formula is C17H23N3O2. The molecular weight excluding hydrogens is 278 g/mol. The minimum atomic E-state index is -0.891. The predicted octanol–water partition coefficient (Wildman–Crippen LogP) is 2.85. The van der Waals surface area contributed by atoms with Crippen molar-refractivity contribution in [3.05, 3.63) is 52.3 Å². The Morgan fingerprint density at radius 1 is 1.23 bits per heavy atom. The van der Waals surface area contributed by atoms with Crippen molar-refractivity contribution in [2.45, 2.75) is 40.4 Å². The van der Waals surface area contributed by atoms with Crippen LogP contribution in [-0.4, -0.2) is 32.8 Å². The lowest BCUT2D eigenvalue weighted by atomic mass is 10.1. The van der Waals surface area contributed by atoms with E-state index >= 15 is 0 Å². The normalized spacial score (nSPS) is 11.1. The molecule has 0 aliphatic rings. The summed E-state index contributed by atoms with van der Waals surface area (Å²) in [5.41, 5.74) is 4.99. The highest BCUT2D eigenvalue weighted by molar-refractivity contribution is 5.87. The molecule has 0 aliphatic heterocycles. The van der Waals surface area contributed by atoms with Crippen LogP contribution in [0.5, 0.6) is 0 Å². The van der Waals surface area contributed by atoms with Crippen LogP contribution in [0.4, 0.5) is 0 Å². The summed E-state index contributed by atoms with van der Waals surface area (Å²) in [6, 6.07) is 7.04. The first-order chi connectivity index (χ1) is 10.4. The number of benzene rings is 1. The zero-order valence-electron chi connectivity index (χ0n) is 13.6. The van der Waals surface area contributed by atoms with Gasteiger partial charge in [-0.15, -0.1) is 0 Å². The molecule has 0 bridgehead atoms. The van der Waals surface area contributed by atoms with Gasteiger partial charge in [0.1, 0.15) is 0 Å². The van der Waals surface area contributed by atoms with Gasteiger partial charge in [-0.3, -0.25) is 9.58 Å². The third-order valence-corrected chi connectivity index (χ3v) is 3.91. The molecule has 0 saturated heterocycles. The Labute approximate surface area is 131 Å². The molecule has 0 atom stereocenters. The van der Waals surface area contributed by atoms with Crippen LogP contribution in [0.25, 0.3) is 0 Å². The minimum absolute atomic E-state index is 0.322. The Morgan fingerprint density at radius 2 is 1.86 bits per heavy atom. The molecule has 5 nitrogen and oxygen atoms in total. The fourth-order valence-corrected chi connectivity index (χ4v) is 2.66. The van der Waals surface area contributed by atoms with Crippen molar-refractivity contribution in [1.29, 1.82) is 0 Å². The Balaban J connectivity index is 2.05. The molecule has 0 aliphatic carbocycles. The van der Waals surface area contributed by atoms with Crippen molar-refractivity contribution in [2.24, 2.45) is 0 Å². The van der Waals surface area contributed by atoms with Crippen LogP contribution >= 0.6 is 0 Å². The highest BCUT2D eigenvalue weighted by atomic mass is 16.4. The van der Waals surface area contributed by atoms with Crippen molar-refractivity contribution in [3.8, 4) is 0 Å². The average Bonchev–Trinajstić information content (AvgIpc) is 2.75. The fraction of sp³-hybridized carbons (Fsp3) is 0.412. The molecule has 22 heavy (non-hydrogen) atoms. The monoisotopic (exact) mass is 301 g/mol. The van der Waals surface area contributed by atoms with Crippen LogP contribution in [0, 0.1) is 13.8 Å². The number of aryl methyl sites for hydroxylation is 2. The molecule has 2 aromatic rings. The fourth-order valence-electron chi connectivity index (χ4n) is 2.66. The summed E-state index contributed by atoms with van der Waals surface area (Å²) in [5.74, 6) is -0.891. The Kier molecular flexibility index (Phi) is 4.98. The van der Waals surface area contributed by atoms with Gasteiger partial charge in [0.25, 0.3) is 0 Å². The van der Waals surface area contributed by atoms with E-state index in [1.54, 1.807) is 12.1 Å². The van der Waals surface area contributed by atoms with E-state index in [1.807, 2.05) is 23.7 Å². The maximum Gasteiger partial charge on any atom is 0.335 e. The van der Waals surface area contributed by atoms with Gasteiger partial charge in [-0.2, -0.15) is 5.10 Å². The zero-order valence-corrected chi connectivity index (χ0v) is 13.6. The maximum absolute atomic E-state index is 10.9. The minimum Gasteiger partial charge on any atom is -0.478 e. The number of aromatic nitrogens is 2. The SMILES string of the molecule is CCn1nc(C)c(CN(C)Cc2ccc(C(=O)O)cc2)c1C. The first kappa shape index (κ1) is 16.2. The van der Waals surface area contributed by atoms with Gasteiger partial charge >= 0.3 is 5.97 Å². The smallest absolute Gasteiger partial charge is 0.335 e. The van der Waals surface area contributed by atoms with Gasteiger partial charge in [0, 0.05) is 30.9 Å². The van der Waals surface area contributed by atoms with E-state index in [9.17, 15) is 4.79 Å². The molecule has 1 aromatic carbocycles. The van der Waals surface area contributed by atoms with Gasteiger partial charge in [0.15, 0.2) is 0 Å². The molecule has 0 radical (unpaired) electrons. The van der Waals surface area contributed by atoms with Gasteiger partial charge in [0.05, 0.1) is 11.3 Å². The summed E-state index contributed by atoms with van der Waals surface area (Å²) < 4.78 is 2.03. The second kappa shape index (κ2) is 6.75. The first-order valence-electron chi connectivity index (χ1n) is 7.46. The van der Waals surface area contributed by atoms with E-state index < -0.39 is 5.97 Å². The molecule has 2 rings (SSSR count). The highest BCUT2D eigenvalue weighted by Crippen LogP contribution is 2.16. The van der Waals surface area contributed by atoms with Crippen LogP contribution in [0.15, 0.2) is 24.3 Å². The largest absolute Gasteiger partial charge is 0.478 e. The van der Waals surface area contributed by atoms with Crippen molar-refractivity contribution in [2.75, 3.05) is 7.05 Å². The van der Waals surface area contributed by atoms with Gasteiger partial charge in [-0.05, 0) is 45.5 Å². The van der Waals surface area contributed by atoms with Crippen LogP contribution in [0.3, 0.4) is 0 Å². The lowest BCUT2D eigenvalue weighted by Crippen LogP contribution is -2.18. The molecule has 118 valence electrons. The van der Waals surface area contributed by atoms with Crippen LogP contribution in [-0.2, 0) is 19.6 Å². The van der Waals surface area contributed by atoms with Crippen molar-refractivity contribution >= 4 is 5.97 Å². The summed E-state index contributed by atoms with van der Waals surface area (Å²) in [5, 5.41) is 13.5. The molecule has 0 spiro atoms. The number of aromatic carboxylic acids is 1. The van der Waals surface area contributed by atoms with Gasteiger partial charge in [-0.25, -0.2) is 4.79 Å². The van der Waals surface area contributed by atoms with E-state index in [0.717, 1.165) is 30.9 Å². The number of rotatable bonds is 6. The van der Waals surface area contributed by atoms with Crippen LogP contribution in [0.1, 0.15) is 39.8 Å². The molecule has 5 heteroatoms. The molecule has 0 unspecified atom stereocenters. The third kappa shape index (κ3) is 3.54. The van der Waals surface area contributed by atoms with E-state index in [2.05, 4.69) is 30.9 Å². The number of carboxylic acid groups (broad SMARTS) is 1. The average molecular weight is 301 g/mol. The predicted molar refractivity (Wildman–Crippen MR) is 85.9 cm³/mol. The lowest BCUT2D eigenvalue weighted by molar-refractivity contribution is 0.0697. The highest BCUT2D eigenvalue weighted by Gasteiger charge is 2.13. The summed E-state index contributed by atoms with van der Waals surface area (Å²) >= 11 is 0. The van der Waals surface area contributed by atoms with E-state index in [1.165, 1.54) is 11.3 Å². The molecule has 1 aromatic heterocycles. The quantitative estimate of drug-likeness (QED) is 0.891. The number of nitrogens with zero attached hydrogens (tertiary/aromatic N) is 3. The molecule has 0 saturated carbocycles. The van der Waals surface area contributed by atoms with Gasteiger partial charge in [0.2, 0.25) is 0 Å². The third-order valence-electron chi connectivity index (χ3n) is 3.91. The van der Waals surface area contributed by atoms with Crippen LogP contribution in [0.2, 0.25) is 0 Å². The van der Waals surface area contributed by atoms with Crippen LogP contribution < -0.4 is 0 Å². The summed E-state index contributed by atoms with van der Waals surface area (Å²) in [7, 11) is 2.06. The van der Waals surface area contributed by atoms with Crippen molar-refractivity contribution < 1.29 is 9.90 Å². The summed E-state index contributed by atoms with van der Waals surface area (Å²) in [6.07, 6.45) is 0. The second-order valence-electron chi connectivity index (χ2n) is 5.64. The maximum atomic E-state index is 10.9. The topological polar surface area (TPSA) is 58.4 Å². The molecule has 0 amide bonds. The lowest BCUT2D eigenvalue weighted by Gasteiger charge is -2.17. The molecule has 0 fully saturated rings. The van der Waals surface area contributed by atoms with Crippen molar-refractivity contribution in [3.63, 3.8) is 0 Å². The Hall–Kier alpha value is -2.14. The number of hydrogen-bond donors (Lipinski definition) is 1. The standard InChI is InChI=1S/C17H23N3O2/c1-5-20-13(3)16(12(2)18-20)11-19(4)10-14-6-8-15(9-7-14)17(21)22/h6-9H,5,10-11H2,1-4H3,(H,21,22). The van der Waals surface area contributed by atoms with Gasteiger partial charge < -0.3 is 5.11 Å². The van der Waals surface area contributed by atoms with E-state index in [4.69, 9.17) is 5.11 Å². The van der Waals surface area contributed by atoms with Gasteiger partial charge in [-0.1, -0.05) is 12.1 Å². The molecule has 1 N–H and O–H groups in total. The van der Waals surface area contributed by atoms with E-state index in [0.29, 0.717) is 5.56 Å². The van der Waals surface area contributed by atoms with Crippen molar-refractivity contribution in [1.82, 2.24) is 14.7 Å². The first-order valence-corrected chi connectivity index (χ1v) is 7.46. The number of carbonyl (C=O) groups is 1. The number of hydrogen-bond acceptors (Lipinski definition) is 3. The Bertz CT molecular complexity index is 659. The summed E-state index contributed by atoms with van der Waals surface area (Å²) in [6.45, 7) is 8.73. The van der Waals surface area contributed by atoms with E-state index in [-0.39, 0.29) is 0 Å². The zero-order chi connectivity index (χ0) is 16.3. The molecule has 1 heterocycles. The summed E-state index contributed by atoms with van der Waals surface area (Å²) in [4.78, 5) is 13.1. The second-order valence-corrected chi connectivity index (χ2v) is 5.64.